The first-order chi connectivity index (χ1) is 7.57. The van der Waals surface area contributed by atoms with Gasteiger partial charge in [0, 0.05) is 10.8 Å². The third-order valence-electron chi connectivity index (χ3n) is 2.43. The Balaban J connectivity index is 3.59. The Morgan fingerprint density at radius 2 is 1.29 bits per heavy atom. The largest absolute Gasteiger partial charge is 0.504 e. The minimum absolute atomic E-state index is 0.0931. The molecule has 0 atom stereocenters. The summed E-state index contributed by atoms with van der Waals surface area (Å²) in [5, 5.41) is 10.2. The standard InChI is InChI=1S/C13H20N2O2/c1-12(2,3)10-9(17)11(13(4,5)6)15-8(7-16)14-10/h7,17H,1-6H3. The highest BCUT2D eigenvalue weighted by atomic mass is 16.3. The van der Waals surface area contributed by atoms with Crippen LogP contribution in [0, 0.1) is 0 Å². The number of hydrogen-bond donors (Lipinski definition) is 1. The second kappa shape index (κ2) is 4.09. The SMILES string of the molecule is CC(C)(C)c1nc(C=O)nc(C(C)(C)C)c1O. The molecule has 4 heteroatoms. The molecule has 4 nitrogen and oxygen atoms in total. The summed E-state index contributed by atoms with van der Waals surface area (Å²) in [5.41, 5.74) is 0.370. The van der Waals surface area contributed by atoms with Gasteiger partial charge in [0.25, 0.3) is 0 Å². The molecule has 0 aliphatic carbocycles. The highest BCUT2D eigenvalue weighted by Crippen LogP contribution is 2.36. The number of nitrogens with zero attached hydrogens (tertiary/aromatic N) is 2. The third-order valence-corrected chi connectivity index (χ3v) is 2.43. The van der Waals surface area contributed by atoms with E-state index in [9.17, 15) is 9.90 Å². The van der Waals surface area contributed by atoms with Crippen LogP contribution in [0.1, 0.15) is 63.5 Å². The number of hydrogen-bond acceptors (Lipinski definition) is 4. The van der Waals surface area contributed by atoms with Crippen LogP contribution in [0.5, 0.6) is 5.75 Å². The molecule has 94 valence electrons. The van der Waals surface area contributed by atoms with Gasteiger partial charge in [-0.25, -0.2) is 9.97 Å². The molecule has 1 N–H and O–H groups in total. The summed E-state index contributed by atoms with van der Waals surface area (Å²) in [5.74, 6) is 0.216. The van der Waals surface area contributed by atoms with Crippen LogP contribution in [0.3, 0.4) is 0 Å². The molecule has 0 saturated carbocycles. The maximum Gasteiger partial charge on any atom is 0.193 e. The zero-order valence-electron chi connectivity index (χ0n) is 11.3. The van der Waals surface area contributed by atoms with Crippen molar-refractivity contribution >= 4 is 6.29 Å². The van der Waals surface area contributed by atoms with Crippen LogP contribution >= 0.6 is 0 Å². The fourth-order valence-electron chi connectivity index (χ4n) is 1.57. The van der Waals surface area contributed by atoms with E-state index in [0.29, 0.717) is 17.7 Å². The van der Waals surface area contributed by atoms with Crippen molar-refractivity contribution < 1.29 is 9.90 Å². The lowest BCUT2D eigenvalue weighted by atomic mass is 9.85. The molecule has 17 heavy (non-hydrogen) atoms. The molecule has 1 aromatic rings. The molecule has 0 saturated heterocycles. The number of aromatic hydroxyl groups is 1. The minimum atomic E-state index is -0.329. The van der Waals surface area contributed by atoms with Crippen molar-refractivity contribution in [1.29, 1.82) is 0 Å². The summed E-state index contributed by atoms with van der Waals surface area (Å²) in [6.45, 7) is 11.6. The van der Waals surface area contributed by atoms with Crippen molar-refractivity contribution in [3.63, 3.8) is 0 Å². The molecule has 0 radical (unpaired) electrons. The molecule has 1 rings (SSSR count). The van der Waals surface area contributed by atoms with Gasteiger partial charge < -0.3 is 5.11 Å². The topological polar surface area (TPSA) is 63.1 Å². The predicted molar refractivity (Wildman–Crippen MR) is 66.5 cm³/mol. The Kier molecular flexibility index (Phi) is 3.28. The first-order valence-corrected chi connectivity index (χ1v) is 5.64. The minimum Gasteiger partial charge on any atom is -0.504 e. The second-order valence-corrected chi connectivity index (χ2v) is 6.25. The highest BCUT2D eigenvalue weighted by molar-refractivity contribution is 5.69. The Hall–Kier alpha value is -1.45. The average molecular weight is 236 g/mol. The lowest BCUT2D eigenvalue weighted by Gasteiger charge is -2.25. The highest BCUT2D eigenvalue weighted by Gasteiger charge is 2.29. The van der Waals surface area contributed by atoms with Crippen LogP contribution < -0.4 is 0 Å². The van der Waals surface area contributed by atoms with Gasteiger partial charge >= 0.3 is 0 Å². The molecule has 0 aromatic carbocycles. The van der Waals surface area contributed by atoms with Gasteiger partial charge in [-0.05, 0) is 0 Å². The summed E-state index contributed by atoms with van der Waals surface area (Å²) < 4.78 is 0. The first-order valence-electron chi connectivity index (χ1n) is 5.64. The fourth-order valence-corrected chi connectivity index (χ4v) is 1.57. The van der Waals surface area contributed by atoms with Crippen molar-refractivity contribution in [2.75, 3.05) is 0 Å². The molecule has 0 spiro atoms. The van der Waals surface area contributed by atoms with E-state index in [4.69, 9.17) is 0 Å². The number of rotatable bonds is 1. The smallest absolute Gasteiger partial charge is 0.193 e. The van der Waals surface area contributed by atoms with Gasteiger partial charge in [0.15, 0.2) is 17.9 Å². The zero-order valence-corrected chi connectivity index (χ0v) is 11.3. The van der Waals surface area contributed by atoms with Gasteiger partial charge in [-0.1, -0.05) is 41.5 Å². The average Bonchev–Trinajstić information content (AvgIpc) is 2.14. The Labute approximate surface area is 102 Å². The normalized spacial score (nSPS) is 12.6. The molecule has 0 aliphatic heterocycles. The molecular formula is C13H20N2O2. The number of aldehydes is 1. The Morgan fingerprint density at radius 3 is 1.53 bits per heavy atom. The zero-order chi connectivity index (χ0) is 13.4. The molecule has 0 amide bonds. The van der Waals surface area contributed by atoms with Gasteiger partial charge in [-0.2, -0.15) is 0 Å². The van der Waals surface area contributed by atoms with Crippen molar-refractivity contribution in [2.24, 2.45) is 0 Å². The molecule has 1 aromatic heterocycles. The van der Waals surface area contributed by atoms with Gasteiger partial charge in [0.1, 0.15) is 0 Å². The van der Waals surface area contributed by atoms with Gasteiger partial charge in [-0.15, -0.1) is 0 Å². The van der Waals surface area contributed by atoms with E-state index in [1.54, 1.807) is 0 Å². The quantitative estimate of drug-likeness (QED) is 0.761. The third kappa shape index (κ3) is 2.81. The van der Waals surface area contributed by atoms with E-state index in [-0.39, 0.29) is 22.4 Å². The molecule has 0 fully saturated rings. The summed E-state index contributed by atoms with van der Waals surface area (Å²) >= 11 is 0. The van der Waals surface area contributed by atoms with E-state index >= 15 is 0 Å². The van der Waals surface area contributed by atoms with Crippen LogP contribution in [0.2, 0.25) is 0 Å². The Morgan fingerprint density at radius 1 is 0.941 bits per heavy atom. The monoisotopic (exact) mass is 236 g/mol. The molecule has 1 heterocycles. The van der Waals surface area contributed by atoms with E-state index in [1.165, 1.54) is 0 Å². The summed E-state index contributed by atoms with van der Waals surface area (Å²) in [6.07, 6.45) is 0.615. The molecular weight excluding hydrogens is 216 g/mol. The Bertz CT molecular complexity index is 405. The molecule has 0 aliphatic rings. The number of carbonyl (C=O) groups is 1. The second-order valence-electron chi connectivity index (χ2n) is 6.25. The van der Waals surface area contributed by atoms with Crippen molar-refractivity contribution in [3.8, 4) is 5.75 Å². The van der Waals surface area contributed by atoms with Crippen LogP contribution in [0.4, 0.5) is 0 Å². The van der Waals surface area contributed by atoms with Crippen molar-refractivity contribution in [2.45, 2.75) is 52.4 Å². The maximum absolute atomic E-state index is 10.9. The van der Waals surface area contributed by atoms with Gasteiger partial charge in [0.05, 0.1) is 11.4 Å². The molecule has 0 bridgehead atoms. The number of aromatic nitrogens is 2. The van der Waals surface area contributed by atoms with Gasteiger partial charge in [-0.3, -0.25) is 4.79 Å². The van der Waals surface area contributed by atoms with E-state index in [0.717, 1.165) is 0 Å². The summed E-state index contributed by atoms with van der Waals surface area (Å²) in [7, 11) is 0. The van der Waals surface area contributed by atoms with Crippen LogP contribution in [-0.4, -0.2) is 21.4 Å². The van der Waals surface area contributed by atoms with Crippen molar-refractivity contribution in [3.05, 3.63) is 17.2 Å². The lowest BCUT2D eigenvalue weighted by molar-refractivity contribution is 0.111. The van der Waals surface area contributed by atoms with E-state index < -0.39 is 0 Å². The van der Waals surface area contributed by atoms with Crippen LogP contribution in [-0.2, 0) is 10.8 Å². The predicted octanol–water partition coefficient (Wildman–Crippen LogP) is 2.59. The molecule has 0 unspecified atom stereocenters. The summed E-state index contributed by atoms with van der Waals surface area (Å²) in [4.78, 5) is 19.1. The fraction of sp³-hybridized carbons (Fsp3) is 0.615. The first kappa shape index (κ1) is 13.6. The maximum atomic E-state index is 10.9. The van der Waals surface area contributed by atoms with E-state index in [1.807, 2.05) is 41.5 Å². The number of carbonyl (C=O) groups excluding carboxylic acids is 1. The van der Waals surface area contributed by atoms with Crippen molar-refractivity contribution in [1.82, 2.24) is 9.97 Å². The van der Waals surface area contributed by atoms with Crippen LogP contribution in [0.25, 0.3) is 0 Å². The summed E-state index contributed by atoms with van der Waals surface area (Å²) in [6, 6.07) is 0. The van der Waals surface area contributed by atoms with Crippen LogP contribution in [0.15, 0.2) is 0 Å². The van der Waals surface area contributed by atoms with Gasteiger partial charge in [0.2, 0.25) is 0 Å². The lowest BCUT2D eigenvalue weighted by Crippen LogP contribution is -2.22. The van der Waals surface area contributed by atoms with E-state index in [2.05, 4.69) is 9.97 Å².